The number of fused-ring (bicyclic) bond motifs is 1. The molecular weight excluding hydrogens is 372 g/mol. The monoisotopic (exact) mass is 400 g/mol. The van der Waals surface area contributed by atoms with Crippen LogP contribution in [0.15, 0.2) is 67.0 Å². The Morgan fingerprint density at radius 3 is 2.73 bits per heavy atom. The summed E-state index contributed by atoms with van der Waals surface area (Å²) in [6, 6.07) is 18.4. The van der Waals surface area contributed by atoms with E-state index >= 15 is 0 Å². The lowest BCUT2D eigenvalue weighted by Crippen LogP contribution is -2.24. The van der Waals surface area contributed by atoms with Gasteiger partial charge in [-0.3, -0.25) is 9.78 Å². The number of aromatic nitrogens is 1. The fourth-order valence-corrected chi connectivity index (χ4v) is 3.75. The number of carbonyl (C=O) groups excluding carboxylic acids is 1. The van der Waals surface area contributed by atoms with Crippen LogP contribution >= 0.6 is 0 Å². The second-order valence-corrected chi connectivity index (χ2v) is 7.68. The Labute approximate surface area is 178 Å². The average Bonchev–Trinajstić information content (AvgIpc) is 3.11. The van der Waals surface area contributed by atoms with Gasteiger partial charge >= 0.3 is 0 Å². The van der Waals surface area contributed by atoms with Gasteiger partial charge in [0, 0.05) is 61.1 Å². The van der Waals surface area contributed by atoms with Gasteiger partial charge in [-0.05, 0) is 41.8 Å². The molecule has 1 aromatic heterocycles. The first-order valence-electron chi connectivity index (χ1n) is 10.6. The number of anilines is 2. The standard InChI is InChI=1S/C25H28N4O/c1-2-3-13-29-18-20-14-22(9-10-23(20)25(29)30)27-17-21-16-26-12-11-24(21)28-15-19-7-5-4-6-8-19/h4-12,14,16,27H,2-3,13,15,17-18H2,1H3,(H,26,28). The summed E-state index contributed by atoms with van der Waals surface area (Å²) in [5.41, 5.74) is 6.39. The molecule has 1 aliphatic rings. The van der Waals surface area contributed by atoms with Gasteiger partial charge in [-0.15, -0.1) is 0 Å². The highest BCUT2D eigenvalue weighted by Gasteiger charge is 2.26. The summed E-state index contributed by atoms with van der Waals surface area (Å²) in [6.07, 6.45) is 5.84. The molecule has 2 aromatic carbocycles. The van der Waals surface area contributed by atoms with E-state index in [4.69, 9.17) is 0 Å². The van der Waals surface area contributed by atoms with Crippen LogP contribution in [0.3, 0.4) is 0 Å². The zero-order valence-electron chi connectivity index (χ0n) is 17.4. The van der Waals surface area contributed by atoms with Crippen LogP contribution in [0, 0.1) is 0 Å². The lowest BCUT2D eigenvalue weighted by atomic mass is 10.1. The molecule has 0 unspecified atom stereocenters. The molecule has 3 aromatic rings. The summed E-state index contributed by atoms with van der Waals surface area (Å²) >= 11 is 0. The Morgan fingerprint density at radius 2 is 1.90 bits per heavy atom. The highest BCUT2D eigenvalue weighted by molar-refractivity contribution is 5.98. The van der Waals surface area contributed by atoms with E-state index in [2.05, 4.69) is 40.7 Å². The summed E-state index contributed by atoms with van der Waals surface area (Å²) in [6.45, 7) is 5.13. The summed E-state index contributed by atoms with van der Waals surface area (Å²) < 4.78 is 0. The van der Waals surface area contributed by atoms with Crippen LogP contribution in [0.1, 0.15) is 46.8 Å². The zero-order valence-corrected chi connectivity index (χ0v) is 17.4. The van der Waals surface area contributed by atoms with Crippen LogP contribution in [0.4, 0.5) is 11.4 Å². The van der Waals surface area contributed by atoms with Crippen molar-refractivity contribution in [3.63, 3.8) is 0 Å². The molecule has 5 heteroatoms. The van der Waals surface area contributed by atoms with Gasteiger partial charge in [0.2, 0.25) is 0 Å². The molecule has 0 radical (unpaired) electrons. The number of unbranched alkanes of at least 4 members (excludes halogenated alkanes) is 1. The Balaban J connectivity index is 1.40. The zero-order chi connectivity index (χ0) is 20.8. The van der Waals surface area contributed by atoms with Gasteiger partial charge in [-0.1, -0.05) is 43.7 Å². The van der Waals surface area contributed by atoms with E-state index < -0.39 is 0 Å². The van der Waals surface area contributed by atoms with Gasteiger partial charge in [-0.2, -0.15) is 0 Å². The largest absolute Gasteiger partial charge is 0.381 e. The molecule has 2 heterocycles. The molecule has 0 spiro atoms. The number of hydrogen-bond acceptors (Lipinski definition) is 4. The first-order valence-corrected chi connectivity index (χ1v) is 10.6. The second-order valence-electron chi connectivity index (χ2n) is 7.68. The minimum Gasteiger partial charge on any atom is -0.381 e. The van der Waals surface area contributed by atoms with Crippen molar-refractivity contribution < 1.29 is 4.79 Å². The first kappa shape index (κ1) is 20.0. The van der Waals surface area contributed by atoms with Crippen LogP contribution < -0.4 is 10.6 Å². The SMILES string of the molecule is CCCCN1Cc2cc(NCc3cnccc3NCc3ccccc3)ccc2C1=O. The quantitative estimate of drug-likeness (QED) is 0.527. The van der Waals surface area contributed by atoms with E-state index in [1.807, 2.05) is 53.7 Å². The smallest absolute Gasteiger partial charge is 0.254 e. The average molecular weight is 401 g/mol. The third-order valence-corrected chi connectivity index (χ3v) is 5.48. The van der Waals surface area contributed by atoms with E-state index in [-0.39, 0.29) is 5.91 Å². The van der Waals surface area contributed by atoms with Crippen molar-refractivity contribution in [2.45, 2.75) is 39.4 Å². The van der Waals surface area contributed by atoms with Gasteiger partial charge < -0.3 is 15.5 Å². The molecule has 4 rings (SSSR count). The topological polar surface area (TPSA) is 57.3 Å². The lowest BCUT2D eigenvalue weighted by molar-refractivity contribution is 0.0776. The number of nitrogens with one attached hydrogen (secondary N) is 2. The number of pyridine rings is 1. The number of hydrogen-bond donors (Lipinski definition) is 2. The third-order valence-electron chi connectivity index (χ3n) is 5.48. The summed E-state index contributed by atoms with van der Waals surface area (Å²) in [7, 11) is 0. The molecule has 0 saturated carbocycles. The minimum atomic E-state index is 0.157. The maximum atomic E-state index is 12.5. The fourth-order valence-electron chi connectivity index (χ4n) is 3.75. The maximum absolute atomic E-state index is 12.5. The van der Waals surface area contributed by atoms with E-state index in [0.717, 1.165) is 54.0 Å². The third kappa shape index (κ3) is 4.62. The van der Waals surface area contributed by atoms with E-state index in [1.54, 1.807) is 0 Å². The second kappa shape index (κ2) is 9.44. The van der Waals surface area contributed by atoms with Gasteiger partial charge in [0.1, 0.15) is 0 Å². The Bertz CT molecular complexity index is 1000. The van der Waals surface area contributed by atoms with Crippen molar-refractivity contribution >= 4 is 17.3 Å². The van der Waals surface area contributed by atoms with Gasteiger partial charge in [0.25, 0.3) is 5.91 Å². The number of rotatable bonds is 9. The molecule has 5 nitrogen and oxygen atoms in total. The summed E-state index contributed by atoms with van der Waals surface area (Å²) in [5, 5.41) is 7.00. The van der Waals surface area contributed by atoms with Crippen LogP contribution in [0.5, 0.6) is 0 Å². The number of nitrogens with zero attached hydrogens (tertiary/aromatic N) is 2. The Kier molecular flexibility index (Phi) is 6.28. The van der Waals surface area contributed by atoms with E-state index in [0.29, 0.717) is 13.1 Å². The predicted molar refractivity (Wildman–Crippen MR) is 121 cm³/mol. The number of carbonyl (C=O) groups is 1. The molecule has 1 amide bonds. The molecule has 2 N–H and O–H groups in total. The molecule has 0 atom stereocenters. The molecular formula is C25H28N4O. The molecule has 1 aliphatic heterocycles. The van der Waals surface area contributed by atoms with Crippen molar-refractivity contribution in [2.75, 3.05) is 17.2 Å². The number of benzene rings is 2. The maximum Gasteiger partial charge on any atom is 0.254 e. The van der Waals surface area contributed by atoms with Crippen molar-refractivity contribution in [3.8, 4) is 0 Å². The molecule has 0 fully saturated rings. The van der Waals surface area contributed by atoms with Crippen molar-refractivity contribution in [3.05, 3.63) is 89.2 Å². The van der Waals surface area contributed by atoms with Crippen LogP contribution in [-0.4, -0.2) is 22.3 Å². The molecule has 30 heavy (non-hydrogen) atoms. The first-order chi connectivity index (χ1) is 14.7. The minimum absolute atomic E-state index is 0.157. The van der Waals surface area contributed by atoms with Crippen molar-refractivity contribution in [1.29, 1.82) is 0 Å². The lowest BCUT2D eigenvalue weighted by Gasteiger charge is -2.14. The Hall–Kier alpha value is -3.34. The van der Waals surface area contributed by atoms with Crippen molar-refractivity contribution in [2.24, 2.45) is 0 Å². The molecule has 0 saturated heterocycles. The molecule has 0 aliphatic carbocycles. The van der Waals surface area contributed by atoms with Crippen molar-refractivity contribution in [1.82, 2.24) is 9.88 Å². The van der Waals surface area contributed by atoms with E-state index in [9.17, 15) is 4.79 Å². The van der Waals surface area contributed by atoms with Crippen LogP contribution in [-0.2, 0) is 19.6 Å². The summed E-state index contributed by atoms with van der Waals surface area (Å²) in [5.74, 6) is 0.157. The van der Waals surface area contributed by atoms with E-state index in [1.165, 1.54) is 5.56 Å². The van der Waals surface area contributed by atoms with Crippen LogP contribution in [0.25, 0.3) is 0 Å². The highest BCUT2D eigenvalue weighted by Crippen LogP contribution is 2.26. The number of amides is 1. The highest BCUT2D eigenvalue weighted by atomic mass is 16.2. The Morgan fingerprint density at radius 1 is 1.03 bits per heavy atom. The predicted octanol–water partition coefficient (Wildman–Crippen LogP) is 5.06. The van der Waals surface area contributed by atoms with Gasteiger partial charge in [0.15, 0.2) is 0 Å². The molecule has 154 valence electrons. The summed E-state index contributed by atoms with van der Waals surface area (Å²) in [4.78, 5) is 18.8. The fraction of sp³-hybridized carbons (Fsp3) is 0.280. The normalized spacial score (nSPS) is 12.7. The van der Waals surface area contributed by atoms with Gasteiger partial charge in [-0.25, -0.2) is 0 Å². The molecule has 0 bridgehead atoms. The van der Waals surface area contributed by atoms with Gasteiger partial charge in [0.05, 0.1) is 0 Å². The van der Waals surface area contributed by atoms with Crippen LogP contribution in [0.2, 0.25) is 0 Å².